The van der Waals surface area contributed by atoms with Gasteiger partial charge in [-0.3, -0.25) is 0 Å². The van der Waals surface area contributed by atoms with Crippen molar-refractivity contribution < 1.29 is 9.47 Å². The maximum absolute atomic E-state index is 5.88. The van der Waals surface area contributed by atoms with E-state index < -0.39 is 0 Å². The van der Waals surface area contributed by atoms with Crippen molar-refractivity contribution in [1.29, 1.82) is 0 Å². The Hall–Kier alpha value is -2.14. The zero-order chi connectivity index (χ0) is 13.7. The van der Waals surface area contributed by atoms with E-state index in [1.165, 1.54) is 6.33 Å². The summed E-state index contributed by atoms with van der Waals surface area (Å²) in [5, 5.41) is 0. The van der Waals surface area contributed by atoms with Crippen LogP contribution in [0.1, 0.15) is 17.2 Å². The molecule has 0 aliphatic heterocycles. The van der Waals surface area contributed by atoms with Gasteiger partial charge in [-0.05, 0) is 23.8 Å². The molecular weight excluding hydrogens is 242 g/mol. The minimum atomic E-state index is -0.00741. The number of rotatable bonds is 5. The Morgan fingerprint density at radius 3 is 2.32 bits per heavy atom. The van der Waals surface area contributed by atoms with Gasteiger partial charge in [0.25, 0.3) is 0 Å². The lowest BCUT2D eigenvalue weighted by molar-refractivity contribution is 0.393. The van der Waals surface area contributed by atoms with Crippen molar-refractivity contribution in [2.24, 2.45) is 5.73 Å². The van der Waals surface area contributed by atoms with Crippen LogP contribution in [0.2, 0.25) is 0 Å². The molecule has 5 nitrogen and oxygen atoms in total. The third-order valence-corrected chi connectivity index (χ3v) is 2.97. The second-order valence-corrected chi connectivity index (χ2v) is 4.07. The van der Waals surface area contributed by atoms with Crippen molar-refractivity contribution >= 4 is 0 Å². The fourth-order valence-electron chi connectivity index (χ4n) is 1.97. The molecular formula is C14H17N3O2. The standard InChI is InChI=1S/C14H17N3O2/c1-18-11-5-10(6-12(7-11)19-2)13(8-15)14-3-4-16-9-17-14/h3-7,9,13H,8,15H2,1-2H3. The van der Waals surface area contributed by atoms with Gasteiger partial charge in [-0.25, -0.2) is 9.97 Å². The van der Waals surface area contributed by atoms with Gasteiger partial charge < -0.3 is 15.2 Å². The normalized spacial score (nSPS) is 11.9. The Labute approximate surface area is 112 Å². The Balaban J connectivity index is 2.43. The van der Waals surface area contributed by atoms with Crippen molar-refractivity contribution in [3.05, 3.63) is 48.0 Å². The lowest BCUT2D eigenvalue weighted by Crippen LogP contribution is -2.15. The Kier molecular flexibility index (Phi) is 4.30. The Morgan fingerprint density at radius 1 is 1.16 bits per heavy atom. The van der Waals surface area contributed by atoms with Gasteiger partial charge in [0.05, 0.1) is 19.9 Å². The topological polar surface area (TPSA) is 70.3 Å². The van der Waals surface area contributed by atoms with Crippen LogP contribution >= 0.6 is 0 Å². The van der Waals surface area contributed by atoms with Gasteiger partial charge in [0, 0.05) is 24.7 Å². The van der Waals surface area contributed by atoms with Crippen LogP contribution in [-0.2, 0) is 0 Å². The summed E-state index contributed by atoms with van der Waals surface area (Å²) in [7, 11) is 3.25. The van der Waals surface area contributed by atoms with Crippen LogP contribution in [0.5, 0.6) is 11.5 Å². The number of benzene rings is 1. The third kappa shape index (κ3) is 3.00. The highest BCUT2D eigenvalue weighted by Crippen LogP contribution is 2.29. The highest BCUT2D eigenvalue weighted by atomic mass is 16.5. The van der Waals surface area contributed by atoms with Crippen molar-refractivity contribution in [1.82, 2.24) is 9.97 Å². The number of ether oxygens (including phenoxy) is 2. The quantitative estimate of drug-likeness (QED) is 0.882. The smallest absolute Gasteiger partial charge is 0.122 e. The first-order chi connectivity index (χ1) is 9.28. The van der Waals surface area contributed by atoms with E-state index in [1.807, 2.05) is 24.3 Å². The molecule has 5 heteroatoms. The minimum Gasteiger partial charge on any atom is -0.497 e. The van der Waals surface area contributed by atoms with Crippen LogP contribution < -0.4 is 15.2 Å². The molecule has 19 heavy (non-hydrogen) atoms. The zero-order valence-corrected chi connectivity index (χ0v) is 11.0. The first kappa shape index (κ1) is 13.3. The van der Waals surface area contributed by atoms with Crippen LogP contribution in [-0.4, -0.2) is 30.7 Å². The average Bonchev–Trinajstić information content (AvgIpc) is 2.48. The van der Waals surface area contributed by atoms with E-state index in [1.54, 1.807) is 20.4 Å². The van der Waals surface area contributed by atoms with Crippen LogP contribution in [0, 0.1) is 0 Å². The summed E-state index contributed by atoms with van der Waals surface area (Å²) in [6.07, 6.45) is 3.23. The molecule has 0 saturated heterocycles. The highest BCUT2D eigenvalue weighted by Gasteiger charge is 2.16. The second kappa shape index (κ2) is 6.15. The molecule has 1 atom stereocenters. The van der Waals surface area contributed by atoms with Crippen molar-refractivity contribution in [2.45, 2.75) is 5.92 Å². The zero-order valence-electron chi connectivity index (χ0n) is 11.0. The number of aromatic nitrogens is 2. The van der Waals surface area contributed by atoms with Gasteiger partial charge in [-0.15, -0.1) is 0 Å². The highest BCUT2D eigenvalue weighted by molar-refractivity contribution is 5.42. The predicted octanol–water partition coefficient (Wildman–Crippen LogP) is 1.58. The summed E-state index contributed by atoms with van der Waals surface area (Å²) in [5.41, 5.74) is 7.77. The summed E-state index contributed by atoms with van der Waals surface area (Å²) in [6, 6.07) is 7.59. The molecule has 0 radical (unpaired) electrons. The van der Waals surface area contributed by atoms with E-state index in [4.69, 9.17) is 15.2 Å². The minimum absolute atomic E-state index is 0.00741. The molecule has 0 amide bonds. The number of hydrogen-bond donors (Lipinski definition) is 1. The van der Waals surface area contributed by atoms with Crippen molar-refractivity contribution in [3.63, 3.8) is 0 Å². The van der Waals surface area contributed by atoms with Gasteiger partial charge in [-0.2, -0.15) is 0 Å². The first-order valence-electron chi connectivity index (χ1n) is 5.97. The summed E-state index contributed by atoms with van der Waals surface area (Å²) in [4.78, 5) is 8.19. The van der Waals surface area contributed by atoms with E-state index >= 15 is 0 Å². The summed E-state index contributed by atoms with van der Waals surface area (Å²) in [5.74, 6) is 1.47. The summed E-state index contributed by atoms with van der Waals surface area (Å²) < 4.78 is 10.5. The maximum atomic E-state index is 5.88. The number of nitrogens with zero attached hydrogens (tertiary/aromatic N) is 2. The molecule has 0 aliphatic rings. The van der Waals surface area contributed by atoms with E-state index in [2.05, 4.69) is 9.97 Å². The van der Waals surface area contributed by atoms with E-state index in [-0.39, 0.29) is 5.92 Å². The van der Waals surface area contributed by atoms with Crippen LogP contribution in [0.3, 0.4) is 0 Å². The number of methoxy groups -OCH3 is 2. The SMILES string of the molecule is COc1cc(OC)cc(C(CN)c2ccncn2)c1. The summed E-state index contributed by atoms with van der Waals surface area (Å²) >= 11 is 0. The van der Waals surface area contributed by atoms with Crippen LogP contribution in [0.15, 0.2) is 36.8 Å². The molecule has 1 heterocycles. The number of hydrogen-bond acceptors (Lipinski definition) is 5. The fourth-order valence-corrected chi connectivity index (χ4v) is 1.97. The van der Waals surface area contributed by atoms with Gasteiger partial charge in [-0.1, -0.05) is 0 Å². The van der Waals surface area contributed by atoms with E-state index in [0.717, 1.165) is 22.8 Å². The maximum Gasteiger partial charge on any atom is 0.122 e. The van der Waals surface area contributed by atoms with Gasteiger partial charge in [0.15, 0.2) is 0 Å². The largest absolute Gasteiger partial charge is 0.497 e. The molecule has 0 spiro atoms. The molecule has 100 valence electrons. The van der Waals surface area contributed by atoms with E-state index in [0.29, 0.717) is 6.54 Å². The Bertz CT molecular complexity index is 509. The molecule has 0 aliphatic carbocycles. The van der Waals surface area contributed by atoms with E-state index in [9.17, 15) is 0 Å². The molecule has 1 aromatic heterocycles. The van der Waals surface area contributed by atoms with Gasteiger partial charge >= 0.3 is 0 Å². The monoisotopic (exact) mass is 259 g/mol. The summed E-state index contributed by atoms with van der Waals surface area (Å²) in [6.45, 7) is 0.452. The molecule has 0 saturated carbocycles. The second-order valence-electron chi connectivity index (χ2n) is 4.07. The first-order valence-corrected chi connectivity index (χ1v) is 5.97. The molecule has 2 N–H and O–H groups in total. The Morgan fingerprint density at radius 2 is 1.84 bits per heavy atom. The van der Waals surface area contributed by atoms with Gasteiger partial charge in [0.1, 0.15) is 17.8 Å². The molecule has 2 aromatic rings. The lowest BCUT2D eigenvalue weighted by Gasteiger charge is -2.16. The van der Waals surface area contributed by atoms with Gasteiger partial charge in [0.2, 0.25) is 0 Å². The van der Waals surface area contributed by atoms with Crippen LogP contribution in [0.4, 0.5) is 0 Å². The van der Waals surface area contributed by atoms with Crippen LogP contribution in [0.25, 0.3) is 0 Å². The molecule has 0 bridgehead atoms. The van der Waals surface area contributed by atoms with Crippen molar-refractivity contribution in [3.8, 4) is 11.5 Å². The molecule has 1 unspecified atom stereocenters. The molecule has 0 fully saturated rings. The average molecular weight is 259 g/mol. The lowest BCUT2D eigenvalue weighted by atomic mass is 9.95. The third-order valence-electron chi connectivity index (χ3n) is 2.97. The fraction of sp³-hybridized carbons (Fsp3) is 0.286. The van der Waals surface area contributed by atoms with Crippen molar-refractivity contribution in [2.75, 3.05) is 20.8 Å². The number of nitrogens with two attached hydrogens (primary N) is 1. The predicted molar refractivity (Wildman–Crippen MR) is 72.5 cm³/mol. The molecule has 1 aromatic carbocycles. The molecule has 2 rings (SSSR count).